The maximum atomic E-state index is 12.5. The molecule has 0 radical (unpaired) electrons. The molecule has 0 saturated carbocycles. The van der Waals surface area contributed by atoms with Crippen molar-refractivity contribution < 1.29 is 14.7 Å². The smallest absolute Gasteiger partial charge is 0.234 e. The lowest BCUT2D eigenvalue weighted by Crippen LogP contribution is -2.56. The van der Waals surface area contributed by atoms with E-state index < -0.39 is 11.5 Å². The Hall–Kier alpha value is -0.750. The van der Waals surface area contributed by atoms with Gasteiger partial charge in [0.05, 0.1) is 12.1 Å². The molecule has 0 aromatic rings. The van der Waals surface area contributed by atoms with Crippen LogP contribution in [-0.4, -0.2) is 59.1 Å². The Morgan fingerprint density at radius 1 is 1.45 bits per heavy atom. The van der Waals surface area contributed by atoms with Gasteiger partial charge >= 0.3 is 0 Å². The monoisotopic (exact) mass is 300 g/mol. The summed E-state index contributed by atoms with van der Waals surface area (Å²) in [6.45, 7) is 0.681. The van der Waals surface area contributed by atoms with Crippen LogP contribution in [0.2, 0.25) is 0 Å². The van der Waals surface area contributed by atoms with Crippen LogP contribution in [0.25, 0.3) is 0 Å². The summed E-state index contributed by atoms with van der Waals surface area (Å²) < 4.78 is 0. The zero-order valence-corrected chi connectivity index (χ0v) is 12.9. The number of amides is 2. The van der Waals surface area contributed by atoms with Gasteiger partial charge in [-0.2, -0.15) is 11.8 Å². The maximum absolute atomic E-state index is 12.5. The van der Waals surface area contributed by atoms with Crippen LogP contribution in [-0.2, 0) is 9.59 Å². The summed E-state index contributed by atoms with van der Waals surface area (Å²) in [4.78, 5) is 26.3. The lowest BCUT2D eigenvalue weighted by Gasteiger charge is -2.37. The van der Waals surface area contributed by atoms with Crippen molar-refractivity contribution >= 4 is 23.6 Å². The average molecular weight is 300 g/mol. The number of hydrogen-bond donors (Lipinski definition) is 2. The molecule has 2 heterocycles. The first kappa shape index (κ1) is 15.6. The van der Waals surface area contributed by atoms with Crippen molar-refractivity contribution in [2.45, 2.75) is 37.6 Å². The number of hydrogen-bond acceptors (Lipinski definition) is 4. The van der Waals surface area contributed by atoms with E-state index in [0.717, 1.165) is 43.7 Å². The predicted molar refractivity (Wildman–Crippen MR) is 79.5 cm³/mol. The fraction of sp³-hybridized carbons (Fsp3) is 0.857. The zero-order valence-electron chi connectivity index (χ0n) is 12.1. The summed E-state index contributed by atoms with van der Waals surface area (Å²) in [5, 5.41) is 12.6. The first-order valence-corrected chi connectivity index (χ1v) is 8.49. The van der Waals surface area contributed by atoms with Crippen LogP contribution in [0.4, 0.5) is 0 Å². The minimum absolute atomic E-state index is 0.0456. The van der Waals surface area contributed by atoms with Crippen molar-refractivity contribution in [2.75, 3.05) is 31.7 Å². The van der Waals surface area contributed by atoms with Crippen LogP contribution in [0.1, 0.15) is 32.1 Å². The Kier molecular flexibility index (Phi) is 5.32. The fourth-order valence-corrected chi connectivity index (χ4v) is 4.15. The summed E-state index contributed by atoms with van der Waals surface area (Å²) in [6, 6.07) is 0. The van der Waals surface area contributed by atoms with Gasteiger partial charge in [-0.3, -0.25) is 9.59 Å². The van der Waals surface area contributed by atoms with Crippen LogP contribution >= 0.6 is 11.8 Å². The summed E-state index contributed by atoms with van der Waals surface area (Å²) >= 11 is 1.84. The molecule has 6 heteroatoms. The molecule has 1 unspecified atom stereocenters. The summed E-state index contributed by atoms with van der Waals surface area (Å²) in [5.41, 5.74) is -0.520. The SMILES string of the molecule is CN1CCCCC(C(=O)NC2(CO)CCSCC2)C1=O. The third-order valence-electron chi connectivity index (χ3n) is 4.37. The number of carbonyl (C=O) groups is 2. The van der Waals surface area contributed by atoms with Gasteiger partial charge in [0.2, 0.25) is 11.8 Å². The molecule has 0 aromatic heterocycles. The third-order valence-corrected chi connectivity index (χ3v) is 5.35. The lowest BCUT2D eigenvalue weighted by molar-refractivity contribution is -0.141. The van der Waals surface area contributed by atoms with Crippen LogP contribution in [0, 0.1) is 5.92 Å². The van der Waals surface area contributed by atoms with E-state index in [1.807, 2.05) is 11.8 Å². The van der Waals surface area contributed by atoms with Gasteiger partial charge < -0.3 is 15.3 Å². The standard InChI is InChI=1S/C14H24N2O3S/c1-16-7-3-2-4-11(13(16)19)12(18)15-14(10-17)5-8-20-9-6-14/h11,17H,2-10H2,1H3,(H,15,18). The molecule has 0 aliphatic carbocycles. The summed E-state index contributed by atoms with van der Waals surface area (Å²) in [6.07, 6.45) is 4.02. The van der Waals surface area contributed by atoms with Gasteiger partial charge in [-0.15, -0.1) is 0 Å². The van der Waals surface area contributed by atoms with Gasteiger partial charge in [0.1, 0.15) is 5.92 Å². The summed E-state index contributed by atoms with van der Waals surface area (Å²) in [5.74, 6) is 1.02. The zero-order chi connectivity index (χ0) is 14.6. The number of thioether (sulfide) groups is 1. The molecule has 2 aliphatic heterocycles. The molecule has 2 saturated heterocycles. The Bertz CT molecular complexity index is 369. The minimum Gasteiger partial charge on any atom is -0.394 e. The van der Waals surface area contributed by atoms with E-state index in [0.29, 0.717) is 6.42 Å². The van der Waals surface area contributed by atoms with Crippen LogP contribution in [0.5, 0.6) is 0 Å². The highest BCUT2D eigenvalue weighted by atomic mass is 32.2. The quantitative estimate of drug-likeness (QED) is 0.750. The molecule has 2 aliphatic rings. The van der Waals surface area contributed by atoms with Gasteiger partial charge in [-0.05, 0) is 37.2 Å². The van der Waals surface area contributed by atoms with Gasteiger partial charge in [0.25, 0.3) is 0 Å². The largest absolute Gasteiger partial charge is 0.394 e. The summed E-state index contributed by atoms with van der Waals surface area (Å²) in [7, 11) is 1.76. The molecular weight excluding hydrogens is 276 g/mol. The van der Waals surface area contributed by atoms with Crippen molar-refractivity contribution in [3.63, 3.8) is 0 Å². The second-order valence-corrected chi connectivity index (χ2v) is 7.07. The van der Waals surface area contributed by atoms with Gasteiger partial charge in [-0.25, -0.2) is 0 Å². The van der Waals surface area contributed by atoms with E-state index in [4.69, 9.17) is 0 Å². The van der Waals surface area contributed by atoms with E-state index in [1.54, 1.807) is 11.9 Å². The highest BCUT2D eigenvalue weighted by Crippen LogP contribution is 2.28. The highest BCUT2D eigenvalue weighted by Gasteiger charge is 2.38. The minimum atomic E-state index is -0.583. The molecular formula is C14H24N2O3S. The molecule has 5 nitrogen and oxygen atoms in total. The number of likely N-dealkylation sites (tertiary alicyclic amines) is 1. The van der Waals surface area contributed by atoms with Crippen molar-refractivity contribution in [3.8, 4) is 0 Å². The van der Waals surface area contributed by atoms with E-state index in [9.17, 15) is 14.7 Å². The molecule has 0 spiro atoms. The second-order valence-electron chi connectivity index (χ2n) is 5.85. The highest BCUT2D eigenvalue weighted by molar-refractivity contribution is 7.99. The molecule has 1 atom stereocenters. The normalized spacial score (nSPS) is 27.0. The van der Waals surface area contributed by atoms with Crippen LogP contribution in [0.15, 0.2) is 0 Å². The van der Waals surface area contributed by atoms with E-state index in [-0.39, 0.29) is 18.4 Å². The fourth-order valence-electron chi connectivity index (χ4n) is 2.87. The maximum Gasteiger partial charge on any atom is 0.234 e. The molecule has 2 fully saturated rings. The van der Waals surface area contributed by atoms with E-state index in [1.165, 1.54) is 0 Å². The molecule has 2 amide bonds. The van der Waals surface area contributed by atoms with Gasteiger partial charge in [0.15, 0.2) is 0 Å². The van der Waals surface area contributed by atoms with Crippen molar-refractivity contribution in [3.05, 3.63) is 0 Å². The number of carbonyl (C=O) groups excluding carboxylic acids is 2. The number of nitrogens with one attached hydrogen (secondary N) is 1. The number of aliphatic hydroxyl groups is 1. The predicted octanol–water partition coefficient (Wildman–Crippen LogP) is 0.619. The topological polar surface area (TPSA) is 69.6 Å². The van der Waals surface area contributed by atoms with Crippen molar-refractivity contribution in [2.24, 2.45) is 5.92 Å². The van der Waals surface area contributed by atoms with Crippen LogP contribution in [0.3, 0.4) is 0 Å². The third kappa shape index (κ3) is 3.47. The Balaban J connectivity index is 2.03. The van der Waals surface area contributed by atoms with Gasteiger partial charge in [-0.1, -0.05) is 6.42 Å². The van der Waals surface area contributed by atoms with E-state index >= 15 is 0 Å². The molecule has 114 valence electrons. The van der Waals surface area contributed by atoms with Crippen molar-refractivity contribution in [1.82, 2.24) is 10.2 Å². The Labute approximate surface area is 124 Å². The molecule has 0 bridgehead atoms. The number of nitrogens with zero attached hydrogens (tertiary/aromatic N) is 1. The molecule has 20 heavy (non-hydrogen) atoms. The Morgan fingerprint density at radius 2 is 2.15 bits per heavy atom. The average Bonchev–Trinajstić information content (AvgIpc) is 2.62. The molecule has 2 N–H and O–H groups in total. The Morgan fingerprint density at radius 3 is 2.80 bits per heavy atom. The number of rotatable bonds is 3. The van der Waals surface area contributed by atoms with E-state index in [2.05, 4.69) is 5.32 Å². The second kappa shape index (κ2) is 6.80. The van der Waals surface area contributed by atoms with Gasteiger partial charge in [0, 0.05) is 13.6 Å². The number of aliphatic hydroxyl groups excluding tert-OH is 1. The van der Waals surface area contributed by atoms with Crippen LogP contribution < -0.4 is 5.32 Å². The first-order chi connectivity index (χ1) is 9.58. The lowest BCUT2D eigenvalue weighted by atomic mass is 9.91. The molecule has 2 rings (SSSR count). The first-order valence-electron chi connectivity index (χ1n) is 7.34. The van der Waals surface area contributed by atoms with Crippen molar-refractivity contribution in [1.29, 1.82) is 0 Å². The molecule has 0 aromatic carbocycles.